The van der Waals surface area contributed by atoms with Crippen molar-refractivity contribution >= 4 is 23.0 Å². The van der Waals surface area contributed by atoms with Crippen LogP contribution in [0.1, 0.15) is 23.2 Å². The van der Waals surface area contributed by atoms with Crippen molar-refractivity contribution in [3.8, 4) is 5.75 Å². The van der Waals surface area contributed by atoms with Gasteiger partial charge in [-0.2, -0.15) is 0 Å². The van der Waals surface area contributed by atoms with E-state index in [1.54, 1.807) is 0 Å². The molecule has 0 unspecified atom stereocenters. The molecule has 7 nitrogen and oxygen atoms in total. The van der Waals surface area contributed by atoms with Crippen molar-refractivity contribution in [1.82, 2.24) is 0 Å². The van der Waals surface area contributed by atoms with E-state index >= 15 is 0 Å². The Morgan fingerprint density at radius 3 is 2.44 bits per heavy atom. The lowest BCUT2D eigenvalue weighted by molar-refractivity contribution is -0.385. The van der Waals surface area contributed by atoms with Gasteiger partial charge in [-0.3, -0.25) is 14.9 Å². The van der Waals surface area contributed by atoms with E-state index in [-0.39, 0.29) is 17.0 Å². The zero-order valence-electron chi connectivity index (χ0n) is 13.9. The molecule has 1 amide bonds. The first-order valence-electron chi connectivity index (χ1n) is 8.07. The number of carbonyl (C=O) groups is 1. The van der Waals surface area contributed by atoms with Gasteiger partial charge in [0.05, 0.1) is 12.0 Å². The molecule has 0 bridgehead atoms. The molecule has 1 heterocycles. The predicted molar refractivity (Wildman–Crippen MR) is 95.5 cm³/mol. The van der Waals surface area contributed by atoms with Crippen LogP contribution in [0.15, 0.2) is 42.5 Å². The topological polar surface area (TPSA) is 84.7 Å². The zero-order valence-corrected chi connectivity index (χ0v) is 13.9. The number of nitro benzene ring substituents is 1. The van der Waals surface area contributed by atoms with Crippen LogP contribution in [0.3, 0.4) is 0 Å². The summed E-state index contributed by atoms with van der Waals surface area (Å²) in [5.74, 6) is -0.281. The van der Waals surface area contributed by atoms with Crippen LogP contribution in [0.2, 0.25) is 0 Å². The Hall–Kier alpha value is -3.09. The highest BCUT2D eigenvalue weighted by Crippen LogP contribution is 2.28. The second-order valence-corrected chi connectivity index (χ2v) is 5.84. The van der Waals surface area contributed by atoms with E-state index < -0.39 is 10.8 Å². The van der Waals surface area contributed by atoms with Crippen LogP contribution in [-0.4, -0.2) is 31.0 Å². The fourth-order valence-electron chi connectivity index (χ4n) is 2.91. The summed E-state index contributed by atoms with van der Waals surface area (Å²) in [6.07, 6.45) is 2.41. The van der Waals surface area contributed by atoms with Gasteiger partial charge >= 0.3 is 5.69 Å². The van der Waals surface area contributed by atoms with Gasteiger partial charge in [0, 0.05) is 36.1 Å². The molecule has 0 saturated carbocycles. The summed E-state index contributed by atoms with van der Waals surface area (Å²) in [6.45, 7) is 2.11. The average Bonchev–Trinajstić information content (AvgIpc) is 3.16. The van der Waals surface area contributed by atoms with Gasteiger partial charge in [0.1, 0.15) is 0 Å². The van der Waals surface area contributed by atoms with Gasteiger partial charge in [-0.25, -0.2) is 0 Å². The van der Waals surface area contributed by atoms with Crippen LogP contribution in [0, 0.1) is 10.1 Å². The monoisotopic (exact) mass is 341 g/mol. The van der Waals surface area contributed by atoms with E-state index in [9.17, 15) is 14.9 Å². The Morgan fingerprint density at radius 1 is 1.16 bits per heavy atom. The van der Waals surface area contributed by atoms with Crippen molar-refractivity contribution in [2.24, 2.45) is 0 Å². The van der Waals surface area contributed by atoms with Crippen molar-refractivity contribution in [2.75, 3.05) is 30.4 Å². The van der Waals surface area contributed by atoms with Gasteiger partial charge in [0.15, 0.2) is 5.75 Å². The number of ether oxygens (including phenoxy) is 1. The smallest absolute Gasteiger partial charge is 0.311 e. The SMILES string of the molecule is COc1ccc(C(=O)Nc2ccc(N3CCCC3)cc2)cc1[N+](=O)[O-]. The van der Waals surface area contributed by atoms with Gasteiger partial charge in [0.2, 0.25) is 0 Å². The van der Waals surface area contributed by atoms with Crippen LogP contribution >= 0.6 is 0 Å². The minimum atomic E-state index is -0.569. The molecular weight excluding hydrogens is 322 g/mol. The van der Waals surface area contributed by atoms with Crippen LogP contribution in [0.5, 0.6) is 5.75 Å². The normalized spacial score (nSPS) is 13.6. The highest BCUT2D eigenvalue weighted by atomic mass is 16.6. The Labute approximate surface area is 145 Å². The summed E-state index contributed by atoms with van der Waals surface area (Å²) in [5, 5.41) is 13.8. The number of nitro groups is 1. The van der Waals surface area contributed by atoms with Crippen molar-refractivity contribution in [1.29, 1.82) is 0 Å². The molecule has 1 saturated heterocycles. The van der Waals surface area contributed by atoms with E-state index in [0.717, 1.165) is 18.8 Å². The summed E-state index contributed by atoms with van der Waals surface area (Å²) in [6, 6.07) is 11.7. The maximum atomic E-state index is 12.3. The first kappa shape index (κ1) is 16.8. The number of carbonyl (C=O) groups excluding carboxylic acids is 1. The molecule has 7 heteroatoms. The zero-order chi connectivity index (χ0) is 17.8. The third-order valence-corrected chi connectivity index (χ3v) is 4.23. The highest BCUT2D eigenvalue weighted by molar-refractivity contribution is 6.04. The standard InChI is InChI=1S/C18H19N3O4/c1-25-17-9-4-13(12-16(17)21(23)24)18(22)19-14-5-7-15(8-6-14)20-10-2-3-11-20/h4-9,12H,2-3,10-11H2,1H3,(H,19,22). The van der Waals surface area contributed by atoms with E-state index in [4.69, 9.17) is 4.74 Å². The molecule has 0 radical (unpaired) electrons. The maximum absolute atomic E-state index is 12.3. The number of anilines is 2. The maximum Gasteiger partial charge on any atom is 0.311 e. The summed E-state index contributed by atoms with van der Waals surface area (Å²) in [4.78, 5) is 25.1. The van der Waals surface area contributed by atoms with Crippen LogP contribution in [0.4, 0.5) is 17.1 Å². The number of benzene rings is 2. The van der Waals surface area contributed by atoms with Crippen LogP contribution in [-0.2, 0) is 0 Å². The number of amides is 1. The fourth-order valence-corrected chi connectivity index (χ4v) is 2.91. The molecule has 3 rings (SSSR count). The molecule has 1 aliphatic heterocycles. The minimum Gasteiger partial charge on any atom is -0.490 e. The second-order valence-electron chi connectivity index (χ2n) is 5.84. The predicted octanol–water partition coefficient (Wildman–Crippen LogP) is 3.46. The van der Waals surface area contributed by atoms with Gasteiger partial charge in [-0.05, 0) is 49.2 Å². The third kappa shape index (κ3) is 3.71. The molecular formula is C18H19N3O4. The summed E-state index contributed by atoms with van der Waals surface area (Å²) in [7, 11) is 1.35. The Bertz CT molecular complexity index is 783. The number of nitrogens with one attached hydrogen (secondary N) is 1. The molecule has 0 atom stereocenters. The van der Waals surface area contributed by atoms with Crippen molar-refractivity contribution in [3.05, 3.63) is 58.1 Å². The molecule has 130 valence electrons. The molecule has 0 spiro atoms. The van der Waals surface area contributed by atoms with E-state index in [2.05, 4.69) is 10.2 Å². The molecule has 0 aliphatic carbocycles. The Morgan fingerprint density at radius 2 is 1.84 bits per heavy atom. The quantitative estimate of drug-likeness (QED) is 0.665. The minimum absolute atomic E-state index is 0.122. The Kier molecular flexibility index (Phi) is 4.83. The average molecular weight is 341 g/mol. The Balaban J connectivity index is 1.73. The summed E-state index contributed by atoms with van der Waals surface area (Å²) < 4.78 is 4.94. The first-order valence-corrected chi connectivity index (χ1v) is 8.07. The largest absolute Gasteiger partial charge is 0.490 e. The number of methoxy groups -OCH3 is 1. The lowest BCUT2D eigenvalue weighted by Crippen LogP contribution is -2.17. The lowest BCUT2D eigenvalue weighted by Gasteiger charge is -2.17. The second kappa shape index (κ2) is 7.21. The molecule has 2 aromatic carbocycles. The molecule has 1 fully saturated rings. The van der Waals surface area contributed by atoms with Gasteiger partial charge < -0.3 is 15.0 Å². The van der Waals surface area contributed by atoms with Gasteiger partial charge in [-0.1, -0.05) is 0 Å². The van der Waals surface area contributed by atoms with Crippen molar-refractivity contribution < 1.29 is 14.5 Å². The molecule has 1 aliphatic rings. The van der Waals surface area contributed by atoms with E-state index in [1.165, 1.54) is 38.2 Å². The molecule has 1 N–H and O–H groups in total. The van der Waals surface area contributed by atoms with E-state index in [0.29, 0.717) is 5.69 Å². The van der Waals surface area contributed by atoms with Gasteiger partial charge in [0.25, 0.3) is 5.91 Å². The summed E-state index contributed by atoms with van der Waals surface area (Å²) >= 11 is 0. The van der Waals surface area contributed by atoms with Crippen LogP contribution < -0.4 is 15.0 Å². The molecule has 0 aromatic heterocycles. The number of hydrogen-bond acceptors (Lipinski definition) is 5. The third-order valence-electron chi connectivity index (χ3n) is 4.23. The summed E-state index contributed by atoms with van der Waals surface area (Å²) in [5.41, 5.74) is 1.75. The fraction of sp³-hybridized carbons (Fsp3) is 0.278. The van der Waals surface area contributed by atoms with Gasteiger partial charge in [-0.15, -0.1) is 0 Å². The first-order chi connectivity index (χ1) is 12.1. The lowest BCUT2D eigenvalue weighted by atomic mass is 10.1. The molecule has 2 aromatic rings. The van der Waals surface area contributed by atoms with Crippen molar-refractivity contribution in [2.45, 2.75) is 12.8 Å². The van der Waals surface area contributed by atoms with Crippen molar-refractivity contribution in [3.63, 3.8) is 0 Å². The van der Waals surface area contributed by atoms with E-state index in [1.807, 2.05) is 24.3 Å². The molecule has 25 heavy (non-hydrogen) atoms. The number of nitrogens with zero attached hydrogens (tertiary/aromatic N) is 2. The highest BCUT2D eigenvalue weighted by Gasteiger charge is 2.18. The van der Waals surface area contributed by atoms with Crippen LogP contribution in [0.25, 0.3) is 0 Å². The number of rotatable bonds is 5. The number of hydrogen-bond donors (Lipinski definition) is 1.